The summed E-state index contributed by atoms with van der Waals surface area (Å²) in [7, 11) is 1.63. The predicted molar refractivity (Wildman–Crippen MR) is 93.5 cm³/mol. The highest BCUT2D eigenvalue weighted by atomic mass is 16.5. The summed E-state index contributed by atoms with van der Waals surface area (Å²) in [6.07, 6.45) is 1.56. The molecule has 1 aromatic carbocycles. The van der Waals surface area contributed by atoms with E-state index in [9.17, 15) is 4.79 Å². The van der Waals surface area contributed by atoms with Gasteiger partial charge < -0.3 is 10.1 Å². The van der Waals surface area contributed by atoms with Gasteiger partial charge in [-0.3, -0.25) is 9.78 Å². The predicted octanol–water partition coefficient (Wildman–Crippen LogP) is 2.50. The van der Waals surface area contributed by atoms with Crippen LogP contribution >= 0.6 is 0 Å². The third-order valence-electron chi connectivity index (χ3n) is 3.69. The molecule has 7 heteroatoms. The summed E-state index contributed by atoms with van der Waals surface area (Å²) in [5.74, 6) is 1.23. The van der Waals surface area contributed by atoms with Gasteiger partial charge in [-0.1, -0.05) is 12.1 Å². The normalized spacial score (nSPS) is 11.7. The van der Waals surface area contributed by atoms with E-state index in [1.54, 1.807) is 18.0 Å². The molecule has 0 spiro atoms. The molecule has 3 rings (SSSR count). The van der Waals surface area contributed by atoms with Crippen molar-refractivity contribution in [1.29, 1.82) is 0 Å². The van der Waals surface area contributed by atoms with E-state index in [-0.39, 0.29) is 11.1 Å². The number of aromatic nitrogens is 4. The van der Waals surface area contributed by atoms with Crippen LogP contribution in [0.1, 0.15) is 26.3 Å². The number of hydrogen-bond acceptors (Lipinski definition) is 5. The summed E-state index contributed by atoms with van der Waals surface area (Å²) in [6, 6.07) is 7.71. The van der Waals surface area contributed by atoms with E-state index in [4.69, 9.17) is 4.74 Å². The van der Waals surface area contributed by atoms with Crippen LogP contribution in [0.15, 0.2) is 35.3 Å². The van der Waals surface area contributed by atoms with Crippen LogP contribution in [0, 0.1) is 0 Å². The zero-order valence-corrected chi connectivity index (χ0v) is 14.3. The maximum absolute atomic E-state index is 12.2. The Kier molecular flexibility index (Phi) is 4.01. The molecule has 0 fully saturated rings. The number of nitrogens with zero attached hydrogens (tertiary/aromatic N) is 3. The number of hydrogen-bond donors (Lipinski definition) is 2. The van der Waals surface area contributed by atoms with Crippen LogP contribution in [-0.4, -0.2) is 26.9 Å². The minimum Gasteiger partial charge on any atom is -0.497 e. The molecular formula is C17H21N5O2. The summed E-state index contributed by atoms with van der Waals surface area (Å²) in [5, 5.41) is 7.94. The second kappa shape index (κ2) is 5.99. The Bertz CT molecular complexity index is 903. The van der Waals surface area contributed by atoms with Crippen LogP contribution in [-0.2, 0) is 12.1 Å². The van der Waals surface area contributed by atoms with Crippen molar-refractivity contribution in [2.75, 3.05) is 12.4 Å². The minimum atomic E-state index is -0.254. The second-order valence-electron chi connectivity index (χ2n) is 6.58. The van der Waals surface area contributed by atoms with Crippen molar-refractivity contribution in [3.05, 3.63) is 46.4 Å². The maximum atomic E-state index is 12.2. The van der Waals surface area contributed by atoms with Gasteiger partial charge in [0.2, 0.25) is 5.95 Å². The fraction of sp³-hybridized carbons (Fsp3) is 0.353. The van der Waals surface area contributed by atoms with Gasteiger partial charge in [-0.2, -0.15) is 10.1 Å². The molecule has 24 heavy (non-hydrogen) atoms. The summed E-state index contributed by atoms with van der Waals surface area (Å²) >= 11 is 0. The molecule has 0 bridgehead atoms. The molecule has 2 heterocycles. The van der Waals surface area contributed by atoms with Crippen molar-refractivity contribution in [3.8, 4) is 5.75 Å². The smallest absolute Gasteiger partial charge is 0.263 e. The molecule has 2 N–H and O–H groups in total. The van der Waals surface area contributed by atoms with Gasteiger partial charge in [-0.25, -0.2) is 4.68 Å². The van der Waals surface area contributed by atoms with Crippen molar-refractivity contribution >= 4 is 17.0 Å². The van der Waals surface area contributed by atoms with Gasteiger partial charge in [-0.15, -0.1) is 0 Å². The lowest BCUT2D eigenvalue weighted by atomic mass is 10.1. The Morgan fingerprint density at radius 1 is 1.25 bits per heavy atom. The van der Waals surface area contributed by atoms with Gasteiger partial charge in [0.25, 0.3) is 5.56 Å². The number of H-pyrrole nitrogens is 1. The van der Waals surface area contributed by atoms with Crippen molar-refractivity contribution in [1.82, 2.24) is 19.7 Å². The first-order valence-electron chi connectivity index (χ1n) is 7.74. The Morgan fingerprint density at radius 3 is 2.58 bits per heavy atom. The number of ether oxygens (including phenoxy) is 1. The molecule has 0 aliphatic rings. The molecule has 0 aliphatic carbocycles. The monoisotopic (exact) mass is 327 g/mol. The van der Waals surface area contributed by atoms with E-state index in [2.05, 4.69) is 20.4 Å². The first-order valence-corrected chi connectivity index (χ1v) is 7.74. The Hall–Kier alpha value is -2.83. The lowest BCUT2D eigenvalue weighted by Gasteiger charge is -2.19. The van der Waals surface area contributed by atoms with Crippen LogP contribution in [0.5, 0.6) is 5.75 Å². The van der Waals surface area contributed by atoms with Crippen molar-refractivity contribution in [3.63, 3.8) is 0 Å². The number of benzene rings is 1. The molecular weight excluding hydrogens is 306 g/mol. The average molecular weight is 327 g/mol. The highest BCUT2D eigenvalue weighted by Crippen LogP contribution is 2.19. The van der Waals surface area contributed by atoms with Crippen LogP contribution in [0.4, 0.5) is 5.95 Å². The van der Waals surface area contributed by atoms with Crippen LogP contribution in [0.25, 0.3) is 11.0 Å². The third kappa shape index (κ3) is 3.10. The number of aromatic amines is 1. The topological polar surface area (TPSA) is 84.8 Å². The lowest BCUT2D eigenvalue weighted by molar-refractivity contribution is 0.366. The summed E-state index contributed by atoms with van der Waals surface area (Å²) in [4.78, 5) is 19.5. The molecule has 0 amide bonds. The zero-order chi connectivity index (χ0) is 17.3. The maximum Gasteiger partial charge on any atom is 0.263 e. The van der Waals surface area contributed by atoms with Gasteiger partial charge in [0.1, 0.15) is 11.1 Å². The molecule has 0 radical (unpaired) electrons. The molecule has 0 atom stereocenters. The highest BCUT2D eigenvalue weighted by Gasteiger charge is 2.19. The fourth-order valence-electron chi connectivity index (χ4n) is 2.42. The van der Waals surface area contributed by atoms with E-state index in [1.807, 2.05) is 45.0 Å². The number of methoxy groups -OCH3 is 1. The summed E-state index contributed by atoms with van der Waals surface area (Å²) < 4.78 is 6.90. The molecule has 0 aliphatic heterocycles. The van der Waals surface area contributed by atoms with Gasteiger partial charge in [0, 0.05) is 6.54 Å². The first-order chi connectivity index (χ1) is 11.4. The Labute approximate surface area is 139 Å². The summed E-state index contributed by atoms with van der Waals surface area (Å²) in [6.45, 7) is 6.61. The molecule has 3 aromatic rings. The van der Waals surface area contributed by atoms with E-state index < -0.39 is 0 Å². The lowest BCUT2D eigenvalue weighted by Crippen LogP contribution is -2.24. The van der Waals surface area contributed by atoms with Gasteiger partial charge in [-0.05, 0) is 38.5 Å². The summed E-state index contributed by atoms with van der Waals surface area (Å²) in [5.41, 5.74) is 1.18. The average Bonchev–Trinajstić information content (AvgIpc) is 2.98. The first kappa shape index (κ1) is 16.0. The van der Waals surface area contributed by atoms with Crippen molar-refractivity contribution < 1.29 is 4.74 Å². The Balaban J connectivity index is 1.88. The molecule has 126 valence electrons. The third-order valence-corrected chi connectivity index (χ3v) is 3.69. The molecule has 0 saturated carbocycles. The molecule has 2 aromatic heterocycles. The Morgan fingerprint density at radius 2 is 1.96 bits per heavy atom. The number of anilines is 1. The number of fused-ring (bicyclic) bond motifs is 1. The van der Waals surface area contributed by atoms with Crippen LogP contribution < -0.4 is 15.6 Å². The van der Waals surface area contributed by atoms with E-state index in [0.717, 1.165) is 11.3 Å². The fourth-order valence-corrected chi connectivity index (χ4v) is 2.42. The quantitative estimate of drug-likeness (QED) is 0.769. The second-order valence-corrected chi connectivity index (χ2v) is 6.58. The van der Waals surface area contributed by atoms with Gasteiger partial charge in [0.15, 0.2) is 5.65 Å². The SMILES string of the molecule is COc1ccc(CNc2nc3c(cnn3C(C)(C)C)c(=O)[nH]2)cc1. The van der Waals surface area contributed by atoms with E-state index in [0.29, 0.717) is 23.5 Å². The van der Waals surface area contributed by atoms with Crippen LogP contribution in [0.3, 0.4) is 0 Å². The van der Waals surface area contributed by atoms with Gasteiger partial charge in [0.05, 0.1) is 18.8 Å². The van der Waals surface area contributed by atoms with Crippen LogP contribution in [0.2, 0.25) is 0 Å². The van der Waals surface area contributed by atoms with E-state index >= 15 is 0 Å². The largest absolute Gasteiger partial charge is 0.497 e. The minimum absolute atomic E-state index is 0.201. The molecule has 0 unspecified atom stereocenters. The highest BCUT2D eigenvalue weighted by molar-refractivity contribution is 5.74. The number of rotatable bonds is 4. The van der Waals surface area contributed by atoms with E-state index in [1.165, 1.54) is 0 Å². The van der Waals surface area contributed by atoms with Crippen molar-refractivity contribution in [2.24, 2.45) is 0 Å². The molecule has 7 nitrogen and oxygen atoms in total. The zero-order valence-electron chi connectivity index (χ0n) is 14.3. The standard InChI is InChI=1S/C17H21N5O2/c1-17(2,3)22-14-13(10-19-22)15(23)21-16(20-14)18-9-11-5-7-12(24-4)8-6-11/h5-8,10H,9H2,1-4H3,(H2,18,20,21,23). The molecule has 0 saturated heterocycles. The van der Waals surface area contributed by atoms with Crippen molar-refractivity contribution in [2.45, 2.75) is 32.9 Å². The van der Waals surface area contributed by atoms with Gasteiger partial charge >= 0.3 is 0 Å². The number of nitrogens with one attached hydrogen (secondary N) is 2.